The highest BCUT2D eigenvalue weighted by Crippen LogP contribution is 2.30. The summed E-state index contributed by atoms with van der Waals surface area (Å²) in [5, 5.41) is 8.42. The van der Waals surface area contributed by atoms with Gasteiger partial charge < -0.3 is 0 Å². The number of nitriles is 1. The highest BCUT2D eigenvalue weighted by atomic mass is 19.2. The predicted octanol–water partition coefficient (Wildman–Crippen LogP) is 3.65. The number of nitrogens with zero attached hydrogens (tertiary/aromatic N) is 2. The van der Waals surface area contributed by atoms with Gasteiger partial charge in [0.05, 0.1) is 23.7 Å². The molecule has 21 heavy (non-hydrogen) atoms. The third-order valence-electron chi connectivity index (χ3n) is 2.66. The summed E-state index contributed by atoms with van der Waals surface area (Å²) in [6.45, 7) is 0. The largest absolute Gasteiger partial charge is 0.219 e. The van der Waals surface area contributed by atoms with Crippen LogP contribution in [0, 0.1) is 46.4 Å². The quantitative estimate of drug-likeness (QED) is 0.367. The SMILES string of the molecule is N#CCc1ccc(-c2c(F)c(F)c(F)c(F)c2F)nc1F. The number of hydrogen-bond acceptors (Lipinski definition) is 2. The summed E-state index contributed by atoms with van der Waals surface area (Å²) in [5.74, 6) is -12.0. The van der Waals surface area contributed by atoms with Crippen molar-refractivity contribution >= 4 is 0 Å². The second kappa shape index (κ2) is 5.44. The van der Waals surface area contributed by atoms with E-state index in [9.17, 15) is 26.3 Å². The Labute approximate surface area is 114 Å². The van der Waals surface area contributed by atoms with Crippen molar-refractivity contribution in [3.8, 4) is 17.3 Å². The Balaban J connectivity index is 2.69. The summed E-state index contributed by atoms with van der Waals surface area (Å²) in [5.41, 5.74) is -2.25. The third-order valence-corrected chi connectivity index (χ3v) is 2.66. The normalized spacial score (nSPS) is 10.5. The number of aromatic nitrogens is 1. The van der Waals surface area contributed by atoms with E-state index in [-0.39, 0.29) is 12.0 Å². The molecule has 1 aromatic carbocycles. The zero-order chi connectivity index (χ0) is 15.7. The van der Waals surface area contributed by atoms with Gasteiger partial charge in [0.2, 0.25) is 11.8 Å². The first-order chi connectivity index (χ1) is 9.88. The maximum atomic E-state index is 13.5. The molecule has 0 saturated carbocycles. The van der Waals surface area contributed by atoms with Crippen LogP contribution in [0.15, 0.2) is 12.1 Å². The van der Waals surface area contributed by atoms with Crippen LogP contribution < -0.4 is 0 Å². The summed E-state index contributed by atoms with van der Waals surface area (Å²) in [7, 11) is 0. The molecule has 1 aromatic heterocycles. The number of rotatable bonds is 2. The molecule has 8 heteroatoms. The van der Waals surface area contributed by atoms with Crippen molar-refractivity contribution < 1.29 is 26.3 Å². The summed E-state index contributed by atoms with van der Waals surface area (Å²) < 4.78 is 79.6. The molecule has 0 amide bonds. The molecule has 2 nitrogen and oxygen atoms in total. The zero-order valence-corrected chi connectivity index (χ0v) is 10.0. The van der Waals surface area contributed by atoms with Crippen molar-refractivity contribution in [1.29, 1.82) is 5.26 Å². The van der Waals surface area contributed by atoms with Crippen molar-refractivity contribution in [2.24, 2.45) is 0 Å². The molecular formula is C13H4F6N2. The van der Waals surface area contributed by atoms with E-state index in [0.717, 1.165) is 12.1 Å². The van der Waals surface area contributed by atoms with Crippen LogP contribution in [-0.2, 0) is 6.42 Å². The van der Waals surface area contributed by atoms with E-state index in [1.54, 1.807) is 6.07 Å². The fourth-order valence-electron chi connectivity index (χ4n) is 1.65. The summed E-state index contributed by atoms with van der Waals surface area (Å²) in [6.07, 6.45) is -0.351. The average molecular weight is 302 g/mol. The molecule has 0 N–H and O–H groups in total. The van der Waals surface area contributed by atoms with Crippen LogP contribution in [0.3, 0.4) is 0 Å². The first kappa shape index (κ1) is 14.8. The summed E-state index contributed by atoms with van der Waals surface area (Å²) >= 11 is 0. The Morgan fingerprint density at radius 3 is 1.86 bits per heavy atom. The lowest BCUT2D eigenvalue weighted by Crippen LogP contribution is -2.06. The second-order valence-corrected chi connectivity index (χ2v) is 3.93. The Kier molecular flexibility index (Phi) is 3.84. The monoisotopic (exact) mass is 302 g/mol. The first-order valence-corrected chi connectivity index (χ1v) is 5.42. The molecule has 0 bridgehead atoms. The van der Waals surface area contributed by atoms with Crippen molar-refractivity contribution in [2.75, 3.05) is 0 Å². The predicted molar refractivity (Wildman–Crippen MR) is 58.7 cm³/mol. The lowest BCUT2D eigenvalue weighted by atomic mass is 10.1. The van der Waals surface area contributed by atoms with Gasteiger partial charge in [0.25, 0.3) is 0 Å². The number of benzene rings is 1. The van der Waals surface area contributed by atoms with E-state index in [4.69, 9.17) is 5.26 Å². The van der Waals surface area contributed by atoms with Crippen molar-refractivity contribution in [1.82, 2.24) is 4.98 Å². The minimum absolute atomic E-state index is 0.162. The lowest BCUT2D eigenvalue weighted by molar-refractivity contribution is 0.381. The van der Waals surface area contributed by atoms with Crippen molar-refractivity contribution in [3.63, 3.8) is 0 Å². The zero-order valence-electron chi connectivity index (χ0n) is 10.0. The number of hydrogen-bond donors (Lipinski definition) is 0. The van der Waals surface area contributed by atoms with Gasteiger partial charge in [-0.1, -0.05) is 6.07 Å². The maximum absolute atomic E-state index is 13.5. The Bertz CT molecular complexity index is 737. The Morgan fingerprint density at radius 2 is 1.38 bits per heavy atom. The van der Waals surface area contributed by atoms with Crippen molar-refractivity contribution in [2.45, 2.75) is 6.42 Å². The molecular weight excluding hydrogens is 298 g/mol. The van der Waals surface area contributed by atoms with E-state index in [2.05, 4.69) is 4.98 Å². The number of halogens is 6. The van der Waals surface area contributed by atoms with E-state index in [0.29, 0.717) is 0 Å². The van der Waals surface area contributed by atoms with Gasteiger partial charge in [0.15, 0.2) is 23.3 Å². The molecule has 0 spiro atoms. The highest BCUT2D eigenvalue weighted by Gasteiger charge is 2.27. The average Bonchev–Trinajstić information content (AvgIpc) is 2.46. The van der Waals surface area contributed by atoms with Gasteiger partial charge in [-0.3, -0.25) is 0 Å². The van der Waals surface area contributed by atoms with Crippen LogP contribution in [0.4, 0.5) is 26.3 Å². The Hall–Kier alpha value is -2.56. The van der Waals surface area contributed by atoms with Crippen LogP contribution in [0.25, 0.3) is 11.3 Å². The third kappa shape index (κ3) is 2.42. The lowest BCUT2D eigenvalue weighted by Gasteiger charge is -2.08. The molecule has 0 unspecified atom stereocenters. The summed E-state index contributed by atoms with van der Waals surface area (Å²) in [6, 6.07) is 3.49. The van der Waals surface area contributed by atoms with E-state index < -0.39 is 46.3 Å². The molecule has 0 aliphatic heterocycles. The van der Waals surface area contributed by atoms with Crippen LogP contribution >= 0.6 is 0 Å². The molecule has 0 saturated heterocycles. The molecule has 1 heterocycles. The standard InChI is InChI=1S/C13H4F6N2/c14-8-7(9(15)11(17)12(18)10(8)16)6-2-1-5(3-4-20)13(19)21-6/h1-2H,3H2. The summed E-state index contributed by atoms with van der Waals surface area (Å²) in [4.78, 5) is 3.14. The molecule has 0 fully saturated rings. The maximum Gasteiger partial charge on any atom is 0.217 e. The van der Waals surface area contributed by atoms with Gasteiger partial charge in [-0.25, -0.2) is 26.9 Å². The molecule has 0 atom stereocenters. The van der Waals surface area contributed by atoms with Crippen LogP contribution in [0.1, 0.15) is 5.56 Å². The fraction of sp³-hybridized carbons (Fsp3) is 0.0769. The van der Waals surface area contributed by atoms with Gasteiger partial charge in [-0.15, -0.1) is 0 Å². The highest BCUT2D eigenvalue weighted by molar-refractivity contribution is 5.61. The minimum atomic E-state index is -2.31. The van der Waals surface area contributed by atoms with Crippen molar-refractivity contribution in [3.05, 3.63) is 52.7 Å². The molecule has 108 valence electrons. The molecule has 0 radical (unpaired) electrons. The van der Waals surface area contributed by atoms with E-state index >= 15 is 0 Å². The smallest absolute Gasteiger partial charge is 0.217 e. The molecule has 2 aromatic rings. The van der Waals surface area contributed by atoms with E-state index in [1.807, 2.05) is 0 Å². The van der Waals surface area contributed by atoms with Gasteiger partial charge in [0.1, 0.15) is 0 Å². The minimum Gasteiger partial charge on any atom is -0.219 e. The topological polar surface area (TPSA) is 36.7 Å². The molecule has 2 rings (SSSR count). The number of pyridine rings is 1. The van der Waals surface area contributed by atoms with Gasteiger partial charge in [0, 0.05) is 5.56 Å². The van der Waals surface area contributed by atoms with Crippen LogP contribution in [-0.4, -0.2) is 4.98 Å². The second-order valence-electron chi connectivity index (χ2n) is 3.93. The van der Waals surface area contributed by atoms with E-state index in [1.165, 1.54) is 0 Å². The Morgan fingerprint density at radius 1 is 0.857 bits per heavy atom. The first-order valence-electron chi connectivity index (χ1n) is 5.42. The fourth-order valence-corrected chi connectivity index (χ4v) is 1.65. The van der Waals surface area contributed by atoms with Crippen LogP contribution in [0.5, 0.6) is 0 Å². The molecule has 0 aliphatic carbocycles. The van der Waals surface area contributed by atoms with Gasteiger partial charge >= 0.3 is 0 Å². The van der Waals surface area contributed by atoms with Crippen LogP contribution in [0.2, 0.25) is 0 Å². The van der Waals surface area contributed by atoms with Gasteiger partial charge in [-0.05, 0) is 6.07 Å². The van der Waals surface area contributed by atoms with Gasteiger partial charge in [-0.2, -0.15) is 9.65 Å². The molecule has 0 aliphatic rings.